The number of aryl methyl sites for hydroxylation is 1. The summed E-state index contributed by atoms with van der Waals surface area (Å²) in [5.41, 5.74) is -0.394. The highest BCUT2D eigenvalue weighted by Gasteiger charge is 2.20. The van der Waals surface area contributed by atoms with E-state index in [0.717, 1.165) is 0 Å². The zero-order valence-electron chi connectivity index (χ0n) is 7.42. The molecule has 1 aromatic heterocycles. The van der Waals surface area contributed by atoms with Gasteiger partial charge in [-0.05, 0) is 0 Å². The average Bonchev–Trinajstić information content (AvgIpc) is 2.46. The van der Waals surface area contributed by atoms with Crippen LogP contribution in [0.4, 0.5) is 8.78 Å². The molecular formula is C8H10F2N2O. The van der Waals surface area contributed by atoms with E-state index in [2.05, 4.69) is 5.10 Å². The Balaban J connectivity index is 3.11. The third kappa shape index (κ3) is 1.91. The topological polar surface area (TPSA) is 34.9 Å². The molecule has 0 aliphatic heterocycles. The van der Waals surface area contributed by atoms with Crippen molar-refractivity contribution in [2.24, 2.45) is 7.05 Å². The van der Waals surface area contributed by atoms with Crippen LogP contribution in [0.3, 0.4) is 0 Å². The molecule has 1 rings (SSSR count). The second kappa shape index (κ2) is 3.64. The van der Waals surface area contributed by atoms with E-state index < -0.39 is 12.1 Å². The van der Waals surface area contributed by atoms with Crippen LogP contribution < -0.4 is 0 Å². The summed E-state index contributed by atoms with van der Waals surface area (Å²) in [5.74, 6) is -0.302. The van der Waals surface area contributed by atoms with Gasteiger partial charge in [-0.3, -0.25) is 9.48 Å². The SMILES string of the molecule is CCC(=O)c1cn(C)nc1C(F)F. The summed E-state index contributed by atoms with van der Waals surface area (Å²) in [6.07, 6.45) is -1.15. The van der Waals surface area contributed by atoms with E-state index in [1.54, 1.807) is 6.92 Å². The summed E-state index contributed by atoms with van der Waals surface area (Å²) in [6, 6.07) is 0. The first-order valence-corrected chi connectivity index (χ1v) is 3.91. The third-order valence-corrected chi connectivity index (χ3v) is 1.69. The van der Waals surface area contributed by atoms with Gasteiger partial charge >= 0.3 is 0 Å². The highest BCUT2D eigenvalue weighted by molar-refractivity contribution is 5.96. The van der Waals surface area contributed by atoms with Crippen molar-refractivity contribution < 1.29 is 13.6 Å². The number of Topliss-reactive ketones (excluding diaryl/α,β-unsaturated/α-hetero) is 1. The Labute approximate surface area is 74.4 Å². The van der Waals surface area contributed by atoms with Gasteiger partial charge in [0.05, 0.1) is 5.56 Å². The average molecular weight is 188 g/mol. The summed E-state index contributed by atoms with van der Waals surface area (Å²) >= 11 is 0. The molecule has 1 heterocycles. The lowest BCUT2D eigenvalue weighted by Gasteiger charge is -1.96. The van der Waals surface area contributed by atoms with Crippen LogP contribution in [0.15, 0.2) is 6.20 Å². The van der Waals surface area contributed by atoms with Crippen molar-refractivity contribution in [3.05, 3.63) is 17.5 Å². The molecule has 0 atom stereocenters. The van der Waals surface area contributed by atoms with Crippen LogP contribution in [0.25, 0.3) is 0 Å². The standard InChI is InChI=1S/C8H10F2N2O/c1-3-6(13)5-4-12(2)11-7(5)8(9)10/h4,8H,3H2,1-2H3. The van der Waals surface area contributed by atoms with Gasteiger partial charge < -0.3 is 0 Å². The third-order valence-electron chi connectivity index (χ3n) is 1.69. The van der Waals surface area contributed by atoms with E-state index in [-0.39, 0.29) is 17.8 Å². The number of hydrogen-bond acceptors (Lipinski definition) is 2. The number of carbonyl (C=O) groups excluding carboxylic acids is 1. The largest absolute Gasteiger partial charge is 0.294 e. The minimum Gasteiger partial charge on any atom is -0.294 e. The molecule has 0 saturated carbocycles. The molecule has 5 heteroatoms. The number of alkyl halides is 2. The number of nitrogens with zero attached hydrogens (tertiary/aromatic N) is 2. The Morgan fingerprint density at radius 1 is 1.69 bits per heavy atom. The number of ketones is 1. The number of halogens is 2. The molecule has 1 aromatic rings. The highest BCUT2D eigenvalue weighted by atomic mass is 19.3. The maximum absolute atomic E-state index is 12.3. The number of hydrogen-bond donors (Lipinski definition) is 0. The van der Waals surface area contributed by atoms with Crippen LogP contribution in [0.2, 0.25) is 0 Å². The van der Waals surface area contributed by atoms with Crippen molar-refractivity contribution in [3.63, 3.8) is 0 Å². The predicted octanol–water partition coefficient (Wildman–Crippen LogP) is 1.95. The molecule has 72 valence electrons. The van der Waals surface area contributed by atoms with Crippen LogP contribution in [0.1, 0.15) is 35.8 Å². The summed E-state index contributed by atoms with van der Waals surface area (Å²) in [7, 11) is 1.51. The van der Waals surface area contributed by atoms with Crippen molar-refractivity contribution in [1.82, 2.24) is 9.78 Å². The van der Waals surface area contributed by atoms with Crippen molar-refractivity contribution in [3.8, 4) is 0 Å². The van der Waals surface area contributed by atoms with E-state index >= 15 is 0 Å². The summed E-state index contributed by atoms with van der Waals surface area (Å²) in [4.78, 5) is 11.2. The molecule has 0 saturated heterocycles. The molecule has 0 bridgehead atoms. The number of aromatic nitrogens is 2. The quantitative estimate of drug-likeness (QED) is 0.679. The first kappa shape index (κ1) is 9.83. The van der Waals surface area contributed by atoms with E-state index in [1.165, 1.54) is 17.9 Å². The Bertz CT molecular complexity index is 320. The molecule has 0 aliphatic carbocycles. The highest BCUT2D eigenvalue weighted by Crippen LogP contribution is 2.21. The monoisotopic (exact) mass is 188 g/mol. The smallest absolute Gasteiger partial charge is 0.282 e. The first-order chi connectivity index (χ1) is 6.06. The number of rotatable bonds is 3. The van der Waals surface area contributed by atoms with Gasteiger partial charge in [0.15, 0.2) is 5.78 Å². The number of carbonyl (C=O) groups is 1. The van der Waals surface area contributed by atoms with Gasteiger partial charge in [0.2, 0.25) is 0 Å². The van der Waals surface area contributed by atoms with Crippen LogP contribution in [0.5, 0.6) is 0 Å². The first-order valence-electron chi connectivity index (χ1n) is 3.91. The maximum atomic E-state index is 12.3. The van der Waals surface area contributed by atoms with Crippen LogP contribution in [-0.4, -0.2) is 15.6 Å². The molecule has 0 amide bonds. The van der Waals surface area contributed by atoms with Crippen LogP contribution >= 0.6 is 0 Å². The van der Waals surface area contributed by atoms with Crippen LogP contribution in [-0.2, 0) is 7.05 Å². The van der Waals surface area contributed by atoms with E-state index in [0.29, 0.717) is 0 Å². The summed E-state index contributed by atoms with van der Waals surface area (Å²) in [5, 5.41) is 3.52. The summed E-state index contributed by atoms with van der Waals surface area (Å²) in [6.45, 7) is 1.63. The van der Waals surface area contributed by atoms with E-state index in [4.69, 9.17) is 0 Å². The van der Waals surface area contributed by atoms with Gasteiger partial charge in [-0.1, -0.05) is 6.92 Å². The zero-order valence-corrected chi connectivity index (χ0v) is 7.42. The van der Waals surface area contributed by atoms with Gasteiger partial charge in [-0.2, -0.15) is 5.10 Å². The van der Waals surface area contributed by atoms with Gasteiger partial charge in [-0.15, -0.1) is 0 Å². The molecule has 13 heavy (non-hydrogen) atoms. The van der Waals surface area contributed by atoms with Gasteiger partial charge in [0.25, 0.3) is 6.43 Å². The van der Waals surface area contributed by atoms with E-state index in [1.807, 2.05) is 0 Å². The molecule has 0 fully saturated rings. The second-order valence-corrected chi connectivity index (χ2v) is 2.68. The summed E-state index contributed by atoms with van der Waals surface area (Å²) < 4.78 is 25.8. The van der Waals surface area contributed by atoms with Gasteiger partial charge in [0, 0.05) is 19.7 Å². The Hall–Kier alpha value is -1.26. The predicted molar refractivity (Wildman–Crippen MR) is 42.8 cm³/mol. The zero-order chi connectivity index (χ0) is 10.0. The van der Waals surface area contributed by atoms with Crippen molar-refractivity contribution in [1.29, 1.82) is 0 Å². The van der Waals surface area contributed by atoms with Crippen molar-refractivity contribution in [2.45, 2.75) is 19.8 Å². The fourth-order valence-electron chi connectivity index (χ4n) is 1.07. The lowest BCUT2D eigenvalue weighted by Crippen LogP contribution is -2.00. The van der Waals surface area contributed by atoms with Crippen molar-refractivity contribution in [2.75, 3.05) is 0 Å². The molecule has 0 unspecified atom stereocenters. The molecule has 3 nitrogen and oxygen atoms in total. The molecule has 0 spiro atoms. The van der Waals surface area contributed by atoms with E-state index in [9.17, 15) is 13.6 Å². The maximum Gasteiger partial charge on any atom is 0.282 e. The minimum absolute atomic E-state index is 0.0278. The van der Waals surface area contributed by atoms with Crippen LogP contribution in [0, 0.1) is 0 Å². The normalized spacial score (nSPS) is 10.8. The molecule has 0 aromatic carbocycles. The van der Waals surface area contributed by atoms with Crippen molar-refractivity contribution >= 4 is 5.78 Å². The van der Waals surface area contributed by atoms with Gasteiger partial charge in [-0.25, -0.2) is 8.78 Å². The fraction of sp³-hybridized carbons (Fsp3) is 0.500. The minimum atomic E-state index is -2.69. The molecule has 0 aliphatic rings. The Morgan fingerprint density at radius 2 is 2.31 bits per heavy atom. The Kier molecular flexibility index (Phi) is 2.75. The molecule has 0 N–H and O–H groups in total. The molecule has 0 radical (unpaired) electrons. The molecular weight excluding hydrogens is 178 g/mol. The van der Waals surface area contributed by atoms with Gasteiger partial charge in [0.1, 0.15) is 5.69 Å². The Morgan fingerprint density at radius 3 is 2.77 bits per heavy atom. The lowest BCUT2D eigenvalue weighted by atomic mass is 10.1. The second-order valence-electron chi connectivity index (χ2n) is 2.68. The fourth-order valence-corrected chi connectivity index (χ4v) is 1.07. The lowest BCUT2D eigenvalue weighted by molar-refractivity contribution is 0.0973.